The minimum absolute atomic E-state index is 0.102. The Hall–Kier alpha value is -4.29. The molecular formula is C23H18N2O9S. The van der Waals surface area contributed by atoms with Gasteiger partial charge in [0.15, 0.2) is 6.10 Å². The molecule has 0 aliphatic rings. The fourth-order valence-electron chi connectivity index (χ4n) is 3.01. The van der Waals surface area contributed by atoms with E-state index in [0.29, 0.717) is 5.56 Å². The number of nitro benzene ring substituents is 2. The van der Waals surface area contributed by atoms with E-state index < -0.39 is 33.1 Å². The summed E-state index contributed by atoms with van der Waals surface area (Å²) in [5.74, 6) is -1.53. The zero-order chi connectivity index (χ0) is 25.5. The lowest BCUT2D eigenvalue weighted by Gasteiger charge is -2.21. The minimum atomic E-state index is -1.64. The zero-order valence-corrected chi connectivity index (χ0v) is 18.9. The van der Waals surface area contributed by atoms with Gasteiger partial charge in [0, 0.05) is 18.2 Å². The molecule has 0 heterocycles. The third-order valence-electron chi connectivity index (χ3n) is 4.78. The number of esters is 2. The summed E-state index contributed by atoms with van der Waals surface area (Å²) in [6, 6.07) is 16.6. The van der Waals surface area contributed by atoms with Crippen LogP contribution in [-0.4, -0.2) is 40.1 Å². The van der Waals surface area contributed by atoms with Crippen LogP contribution in [0.5, 0.6) is 5.75 Å². The number of benzene rings is 3. The van der Waals surface area contributed by atoms with Gasteiger partial charge in [-0.3, -0.25) is 20.2 Å². The van der Waals surface area contributed by atoms with E-state index in [-0.39, 0.29) is 27.6 Å². The number of non-ortho nitro benzene ring substituents is 1. The molecule has 12 heteroatoms. The van der Waals surface area contributed by atoms with Gasteiger partial charge >= 0.3 is 11.9 Å². The summed E-state index contributed by atoms with van der Waals surface area (Å²) in [6.07, 6.45) is -1.64. The van der Waals surface area contributed by atoms with Gasteiger partial charge in [-0.15, -0.1) is 11.8 Å². The molecule has 0 spiro atoms. The lowest BCUT2D eigenvalue weighted by atomic mass is 10.1. The maximum absolute atomic E-state index is 12.3. The second-order valence-corrected chi connectivity index (χ2v) is 8.18. The van der Waals surface area contributed by atoms with Crippen LogP contribution in [0, 0.1) is 20.2 Å². The Labute approximate surface area is 202 Å². The van der Waals surface area contributed by atoms with Crippen molar-refractivity contribution in [2.24, 2.45) is 0 Å². The summed E-state index contributed by atoms with van der Waals surface area (Å²) in [5.41, 5.74) is 0.164. The van der Waals surface area contributed by atoms with Crippen molar-refractivity contribution in [1.29, 1.82) is 0 Å². The number of hydrogen-bond acceptors (Lipinski definition) is 10. The zero-order valence-electron chi connectivity index (χ0n) is 18.1. The largest absolute Gasteiger partial charge is 0.467 e. The topological polar surface area (TPSA) is 159 Å². The van der Waals surface area contributed by atoms with Gasteiger partial charge < -0.3 is 14.6 Å². The molecule has 0 aromatic heterocycles. The Morgan fingerprint density at radius 3 is 2.11 bits per heavy atom. The number of aliphatic hydroxyl groups is 1. The predicted molar refractivity (Wildman–Crippen MR) is 124 cm³/mol. The van der Waals surface area contributed by atoms with Crippen LogP contribution >= 0.6 is 11.8 Å². The summed E-state index contributed by atoms with van der Waals surface area (Å²) in [5, 5.41) is 31.7. The van der Waals surface area contributed by atoms with Crippen molar-refractivity contribution in [2.75, 3.05) is 7.11 Å². The first-order chi connectivity index (χ1) is 16.7. The SMILES string of the molecule is COC(=O)[C@H](O)[C@@H](Sc1ccccc1[N+](=O)[O-])c1ccc(OC(=O)c2ccc([N+](=O)[O-])cc2)cc1. The molecule has 0 saturated carbocycles. The molecule has 0 unspecified atom stereocenters. The van der Waals surface area contributed by atoms with Crippen molar-refractivity contribution in [3.05, 3.63) is 104 Å². The number of ether oxygens (including phenoxy) is 2. The van der Waals surface area contributed by atoms with Gasteiger partial charge in [-0.05, 0) is 35.9 Å². The standard InChI is InChI=1S/C23H18N2O9S/c1-33-23(28)20(26)21(35-19-5-3-2-4-18(19)25(31)32)14-8-12-17(13-9-14)34-22(27)15-6-10-16(11-7-15)24(29)30/h2-13,20-21,26H,1H3/t20-,21+/m1/s1. The highest BCUT2D eigenvalue weighted by Gasteiger charge is 2.31. The Kier molecular flexibility index (Phi) is 8.12. The number of methoxy groups -OCH3 is 1. The van der Waals surface area contributed by atoms with Crippen molar-refractivity contribution in [1.82, 2.24) is 0 Å². The van der Waals surface area contributed by atoms with Crippen molar-refractivity contribution in [3.63, 3.8) is 0 Å². The second-order valence-electron chi connectivity index (χ2n) is 6.99. The van der Waals surface area contributed by atoms with Crippen LogP contribution in [-0.2, 0) is 9.53 Å². The number of nitro groups is 2. The van der Waals surface area contributed by atoms with Crippen molar-refractivity contribution in [3.8, 4) is 5.75 Å². The quantitative estimate of drug-likeness (QED) is 0.150. The number of carbonyl (C=O) groups excluding carboxylic acids is 2. The number of nitrogens with zero attached hydrogens (tertiary/aromatic N) is 2. The van der Waals surface area contributed by atoms with Gasteiger partial charge in [0.2, 0.25) is 0 Å². The minimum Gasteiger partial charge on any atom is -0.467 e. The monoisotopic (exact) mass is 498 g/mol. The molecule has 0 fully saturated rings. The highest BCUT2D eigenvalue weighted by atomic mass is 32.2. The first kappa shape index (κ1) is 25.3. The fraction of sp³-hybridized carbons (Fsp3) is 0.130. The normalized spacial score (nSPS) is 12.3. The maximum atomic E-state index is 12.3. The molecule has 3 aromatic carbocycles. The predicted octanol–water partition coefficient (Wildman–Crippen LogP) is 4.09. The van der Waals surface area contributed by atoms with Gasteiger partial charge in [-0.1, -0.05) is 24.3 Å². The maximum Gasteiger partial charge on any atom is 0.343 e. The van der Waals surface area contributed by atoms with E-state index in [1.807, 2.05) is 0 Å². The summed E-state index contributed by atoms with van der Waals surface area (Å²) in [7, 11) is 1.11. The van der Waals surface area contributed by atoms with Crippen LogP contribution < -0.4 is 4.74 Å². The lowest BCUT2D eigenvalue weighted by Crippen LogP contribution is -2.27. The highest BCUT2D eigenvalue weighted by molar-refractivity contribution is 7.99. The van der Waals surface area contributed by atoms with E-state index in [2.05, 4.69) is 4.74 Å². The number of hydrogen-bond donors (Lipinski definition) is 1. The molecule has 0 aliphatic carbocycles. The summed E-state index contributed by atoms with van der Waals surface area (Å²) in [4.78, 5) is 45.6. The molecule has 0 saturated heterocycles. The molecule has 35 heavy (non-hydrogen) atoms. The Bertz CT molecular complexity index is 1250. The van der Waals surface area contributed by atoms with E-state index in [1.165, 1.54) is 66.7 Å². The van der Waals surface area contributed by atoms with Crippen LogP contribution in [0.15, 0.2) is 77.7 Å². The summed E-state index contributed by atoms with van der Waals surface area (Å²) < 4.78 is 9.91. The van der Waals surface area contributed by atoms with E-state index in [9.17, 15) is 34.9 Å². The number of thioether (sulfide) groups is 1. The van der Waals surface area contributed by atoms with Gasteiger partial charge in [-0.2, -0.15) is 0 Å². The highest BCUT2D eigenvalue weighted by Crippen LogP contribution is 2.42. The molecule has 0 amide bonds. The fourth-order valence-corrected chi connectivity index (χ4v) is 4.24. The first-order valence-corrected chi connectivity index (χ1v) is 10.8. The van der Waals surface area contributed by atoms with E-state index in [0.717, 1.165) is 18.9 Å². The van der Waals surface area contributed by atoms with Gasteiger partial charge in [0.25, 0.3) is 11.4 Å². The van der Waals surface area contributed by atoms with Crippen molar-refractivity contribution in [2.45, 2.75) is 16.2 Å². The second kappa shape index (κ2) is 11.2. The molecule has 11 nitrogen and oxygen atoms in total. The van der Waals surface area contributed by atoms with Crippen LogP contribution in [0.3, 0.4) is 0 Å². The number of rotatable bonds is 9. The molecule has 2 atom stereocenters. The van der Waals surface area contributed by atoms with E-state index >= 15 is 0 Å². The number of aliphatic hydroxyl groups excluding tert-OH is 1. The van der Waals surface area contributed by atoms with Gasteiger partial charge in [0.05, 0.1) is 32.7 Å². The molecule has 0 radical (unpaired) electrons. The lowest BCUT2D eigenvalue weighted by molar-refractivity contribution is -0.387. The van der Waals surface area contributed by atoms with Gasteiger partial charge in [0.1, 0.15) is 5.75 Å². The van der Waals surface area contributed by atoms with Crippen LogP contribution in [0.4, 0.5) is 11.4 Å². The Morgan fingerprint density at radius 2 is 1.54 bits per heavy atom. The third-order valence-corrected chi connectivity index (χ3v) is 6.16. The Balaban J connectivity index is 1.83. The molecular weight excluding hydrogens is 480 g/mol. The molecule has 180 valence electrons. The average Bonchev–Trinajstić information content (AvgIpc) is 2.87. The van der Waals surface area contributed by atoms with Crippen molar-refractivity contribution < 1.29 is 34.0 Å². The van der Waals surface area contributed by atoms with Gasteiger partial charge in [-0.25, -0.2) is 9.59 Å². The van der Waals surface area contributed by atoms with Crippen LogP contribution in [0.1, 0.15) is 21.2 Å². The average molecular weight is 498 g/mol. The molecule has 0 bridgehead atoms. The summed E-state index contributed by atoms with van der Waals surface area (Å²) in [6.45, 7) is 0. The molecule has 3 rings (SSSR count). The number of carbonyl (C=O) groups is 2. The van der Waals surface area contributed by atoms with Crippen LogP contribution in [0.25, 0.3) is 0 Å². The molecule has 3 aromatic rings. The van der Waals surface area contributed by atoms with Crippen LogP contribution in [0.2, 0.25) is 0 Å². The smallest absolute Gasteiger partial charge is 0.343 e. The molecule has 0 aliphatic heterocycles. The van der Waals surface area contributed by atoms with Crippen molar-refractivity contribution >= 4 is 35.1 Å². The summed E-state index contributed by atoms with van der Waals surface area (Å²) >= 11 is 0.914. The first-order valence-electron chi connectivity index (χ1n) is 9.94. The Morgan fingerprint density at radius 1 is 0.914 bits per heavy atom. The number of para-hydroxylation sites is 1. The van der Waals surface area contributed by atoms with E-state index in [4.69, 9.17) is 4.74 Å². The van der Waals surface area contributed by atoms with E-state index in [1.54, 1.807) is 6.07 Å². The molecule has 1 N–H and O–H groups in total. The third kappa shape index (κ3) is 6.19.